The van der Waals surface area contributed by atoms with Gasteiger partial charge in [0.15, 0.2) is 0 Å². The van der Waals surface area contributed by atoms with Crippen LogP contribution >= 0.6 is 11.6 Å². The van der Waals surface area contributed by atoms with E-state index in [4.69, 9.17) is 16.0 Å². The summed E-state index contributed by atoms with van der Waals surface area (Å²) in [5.74, 6) is 0.642. The molecule has 3 rings (SSSR count). The molecule has 0 fully saturated rings. The summed E-state index contributed by atoms with van der Waals surface area (Å²) in [5.41, 5.74) is 1.86. The topological polar surface area (TPSA) is 101 Å². The van der Waals surface area contributed by atoms with E-state index in [-0.39, 0.29) is 11.7 Å². The number of nitrogens with one attached hydrogen (secondary N) is 1. The Balaban J connectivity index is 1.83. The van der Waals surface area contributed by atoms with E-state index in [1.54, 1.807) is 54.8 Å². The first-order valence-electron chi connectivity index (χ1n) is 8.08. The van der Waals surface area contributed by atoms with E-state index < -0.39 is 4.92 Å². The van der Waals surface area contributed by atoms with Gasteiger partial charge in [0.1, 0.15) is 5.76 Å². The Bertz CT molecular complexity index is 923. The monoisotopic (exact) mass is 385 g/mol. The summed E-state index contributed by atoms with van der Waals surface area (Å²) in [6.07, 6.45) is 1.88. The van der Waals surface area contributed by atoms with Gasteiger partial charge in [0.2, 0.25) is 0 Å². The molecule has 0 radical (unpaired) electrons. The van der Waals surface area contributed by atoms with Crippen molar-refractivity contribution in [1.29, 1.82) is 0 Å². The van der Waals surface area contributed by atoms with Gasteiger partial charge in [-0.3, -0.25) is 10.1 Å². The number of furan rings is 1. The predicted molar refractivity (Wildman–Crippen MR) is 103 cm³/mol. The third-order valence-corrected chi connectivity index (χ3v) is 4.25. The first-order valence-corrected chi connectivity index (χ1v) is 8.46. The number of anilines is 1. The molecule has 0 saturated heterocycles. The SMILES string of the molecule is O=[N+]([O-])c1ccc(NC(C/C(=N\O)c2ccc(Cl)cc2)c2ccco2)cc1. The van der Waals surface area contributed by atoms with Gasteiger partial charge < -0.3 is 14.9 Å². The minimum absolute atomic E-state index is 0.00822. The molecular weight excluding hydrogens is 370 g/mol. The molecule has 8 heteroatoms. The molecule has 1 heterocycles. The maximum absolute atomic E-state index is 10.8. The van der Waals surface area contributed by atoms with Gasteiger partial charge in [-0.05, 0) is 42.0 Å². The maximum atomic E-state index is 10.8. The third kappa shape index (κ3) is 4.65. The molecule has 1 unspecified atom stereocenters. The molecule has 0 saturated carbocycles. The van der Waals surface area contributed by atoms with E-state index >= 15 is 0 Å². The molecule has 0 spiro atoms. The predicted octanol–water partition coefficient (Wildman–Crippen LogP) is 5.26. The van der Waals surface area contributed by atoms with Gasteiger partial charge in [-0.25, -0.2) is 0 Å². The summed E-state index contributed by atoms with van der Waals surface area (Å²) in [6, 6.07) is 16.3. The number of benzene rings is 2. The molecule has 3 aromatic rings. The van der Waals surface area contributed by atoms with Crippen molar-refractivity contribution in [2.75, 3.05) is 5.32 Å². The number of rotatable bonds is 7. The van der Waals surface area contributed by atoms with Crippen LogP contribution in [0, 0.1) is 10.1 Å². The highest BCUT2D eigenvalue weighted by atomic mass is 35.5. The Morgan fingerprint density at radius 1 is 1.19 bits per heavy atom. The number of halogens is 1. The quantitative estimate of drug-likeness (QED) is 0.250. The molecule has 7 nitrogen and oxygen atoms in total. The molecule has 0 bridgehead atoms. The summed E-state index contributed by atoms with van der Waals surface area (Å²) >= 11 is 5.91. The summed E-state index contributed by atoms with van der Waals surface area (Å²) < 4.78 is 5.50. The van der Waals surface area contributed by atoms with E-state index in [9.17, 15) is 15.3 Å². The van der Waals surface area contributed by atoms with Crippen LogP contribution in [0.1, 0.15) is 23.8 Å². The molecule has 2 N–H and O–H groups in total. The van der Waals surface area contributed by atoms with Crippen LogP contribution in [-0.4, -0.2) is 15.8 Å². The lowest BCUT2D eigenvalue weighted by Gasteiger charge is -2.18. The highest BCUT2D eigenvalue weighted by molar-refractivity contribution is 6.30. The maximum Gasteiger partial charge on any atom is 0.269 e. The Kier molecular flexibility index (Phi) is 5.73. The number of nitro groups is 1. The molecule has 0 amide bonds. The zero-order valence-electron chi connectivity index (χ0n) is 14.1. The molecule has 1 aromatic heterocycles. The standard InChI is InChI=1S/C19H16ClN3O4/c20-14-5-3-13(4-6-14)17(22-24)12-18(19-2-1-11-27-19)21-15-7-9-16(10-8-15)23(25)26/h1-11,18,21,24H,12H2/b22-17+. The number of hydrogen-bond donors (Lipinski definition) is 2. The van der Waals surface area contributed by atoms with Crippen LogP contribution in [0.3, 0.4) is 0 Å². The van der Waals surface area contributed by atoms with Crippen molar-refractivity contribution >= 4 is 28.7 Å². The van der Waals surface area contributed by atoms with E-state index in [1.807, 2.05) is 0 Å². The fraction of sp³-hybridized carbons (Fsp3) is 0.105. The number of hydrogen-bond acceptors (Lipinski definition) is 6. The van der Waals surface area contributed by atoms with Crippen molar-refractivity contribution in [3.63, 3.8) is 0 Å². The van der Waals surface area contributed by atoms with Gasteiger partial charge in [-0.2, -0.15) is 0 Å². The lowest BCUT2D eigenvalue weighted by Crippen LogP contribution is -2.16. The van der Waals surface area contributed by atoms with Crippen molar-refractivity contribution in [2.45, 2.75) is 12.5 Å². The number of nitrogens with zero attached hydrogens (tertiary/aromatic N) is 2. The normalized spacial score (nSPS) is 12.6. The molecule has 27 heavy (non-hydrogen) atoms. The lowest BCUT2D eigenvalue weighted by atomic mass is 10.0. The lowest BCUT2D eigenvalue weighted by molar-refractivity contribution is -0.384. The average molecular weight is 386 g/mol. The molecule has 1 atom stereocenters. The second-order valence-electron chi connectivity index (χ2n) is 5.77. The van der Waals surface area contributed by atoms with Crippen LogP contribution in [0.4, 0.5) is 11.4 Å². The third-order valence-electron chi connectivity index (χ3n) is 4.00. The van der Waals surface area contributed by atoms with E-state index in [2.05, 4.69) is 10.5 Å². The van der Waals surface area contributed by atoms with Crippen molar-refractivity contribution < 1.29 is 14.5 Å². The van der Waals surface area contributed by atoms with E-state index in [0.29, 0.717) is 28.6 Å². The Labute approximate surface area is 160 Å². The average Bonchev–Trinajstić information content (AvgIpc) is 3.21. The number of non-ortho nitro benzene ring substituents is 1. The van der Waals surface area contributed by atoms with Crippen molar-refractivity contribution in [2.24, 2.45) is 5.16 Å². The summed E-state index contributed by atoms with van der Waals surface area (Å²) in [4.78, 5) is 10.4. The van der Waals surface area contributed by atoms with Crippen LogP contribution in [-0.2, 0) is 0 Å². The molecule has 0 aliphatic carbocycles. The first kappa shape index (κ1) is 18.5. The van der Waals surface area contributed by atoms with E-state index in [0.717, 1.165) is 5.56 Å². The smallest absolute Gasteiger partial charge is 0.269 e. The number of nitro benzene ring substituents is 1. The number of oxime groups is 1. The zero-order chi connectivity index (χ0) is 19.2. The minimum Gasteiger partial charge on any atom is -0.467 e. The zero-order valence-corrected chi connectivity index (χ0v) is 14.8. The Morgan fingerprint density at radius 2 is 1.89 bits per heavy atom. The largest absolute Gasteiger partial charge is 0.467 e. The Hall–Kier alpha value is -3.32. The van der Waals surface area contributed by atoms with Gasteiger partial charge >= 0.3 is 0 Å². The van der Waals surface area contributed by atoms with Crippen molar-refractivity contribution in [3.8, 4) is 0 Å². The second kappa shape index (κ2) is 8.37. The molecule has 0 aliphatic heterocycles. The summed E-state index contributed by atoms with van der Waals surface area (Å²) in [7, 11) is 0. The fourth-order valence-corrected chi connectivity index (χ4v) is 2.77. The minimum atomic E-state index is -0.454. The van der Waals surface area contributed by atoms with Gasteiger partial charge in [-0.1, -0.05) is 28.9 Å². The summed E-state index contributed by atoms with van der Waals surface area (Å²) in [6.45, 7) is 0. The first-order chi connectivity index (χ1) is 13.1. The highest BCUT2D eigenvalue weighted by Gasteiger charge is 2.19. The molecule has 138 valence electrons. The van der Waals surface area contributed by atoms with E-state index in [1.165, 1.54) is 12.1 Å². The molecule has 2 aromatic carbocycles. The van der Waals surface area contributed by atoms with Crippen molar-refractivity contribution in [3.05, 3.63) is 93.4 Å². The van der Waals surface area contributed by atoms with Gasteiger partial charge in [0.25, 0.3) is 5.69 Å². The Morgan fingerprint density at radius 3 is 2.44 bits per heavy atom. The molecule has 0 aliphatic rings. The van der Waals surface area contributed by atoms with Crippen LogP contribution < -0.4 is 5.32 Å². The highest BCUT2D eigenvalue weighted by Crippen LogP contribution is 2.27. The second-order valence-corrected chi connectivity index (χ2v) is 6.21. The fourth-order valence-electron chi connectivity index (χ4n) is 2.64. The van der Waals surface area contributed by atoms with Gasteiger partial charge in [-0.15, -0.1) is 0 Å². The van der Waals surface area contributed by atoms with Gasteiger partial charge in [0, 0.05) is 29.3 Å². The van der Waals surface area contributed by atoms with Crippen LogP contribution in [0.25, 0.3) is 0 Å². The summed E-state index contributed by atoms with van der Waals surface area (Å²) in [5, 5.41) is 27.5. The molecular formula is C19H16ClN3O4. The van der Waals surface area contributed by atoms with Crippen molar-refractivity contribution in [1.82, 2.24) is 0 Å². The van der Waals surface area contributed by atoms with Crippen LogP contribution in [0.15, 0.2) is 76.5 Å². The van der Waals surface area contributed by atoms with Gasteiger partial charge in [0.05, 0.1) is 22.9 Å². The van der Waals surface area contributed by atoms with Crippen LogP contribution in [0.2, 0.25) is 5.02 Å². The van der Waals surface area contributed by atoms with Crippen LogP contribution in [0.5, 0.6) is 0 Å².